The number of hydrogen-bond acceptors (Lipinski definition) is 2. The van der Waals surface area contributed by atoms with Gasteiger partial charge < -0.3 is 5.32 Å². The monoisotopic (exact) mass is 285 g/mol. The number of rotatable bonds is 4. The average molecular weight is 286 g/mol. The lowest BCUT2D eigenvalue weighted by Gasteiger charge is -2.18. The second-order valence-electron chi connectivity index (χ2n) is 3.72. The summed E-state index contributed by atoms with van der Waals surface area (Å²) in [4.78, 5) is 1.29. The number of nitrogens with one attached hydrogen (secondary N) is 1. The van der Waals surface area contributed by atoms with Crippen LogP contribution in [-0.4, -0.2) is 0 Å². The van der Waals surface area contributed by atoms with Crippen LogP contribution in [0, 0.1) is 0 Å². The van der Waals surface area contributed by atoms with Gasteiger partial charge in [0, 0.05) is 4.88 Å². The van der Waals surface area contributed by atoms with Crippen molar-refractivity contribution in [3.63, 3.8) is 0 Å². The van der Waals surface area contributed by atoms with Crippen LogP contribution >= 0.6 is 34.5 Å². The van der Waals surface area contributed by atoms with E-state index >= 15 is 0 Å². The Morgan fingerprint density at radius 1 is 1.18 bits per heavy atom. The molecular weight excluding hydrogens is 273 g/mol. The summed E-state index contributed by atoms with van der Waals surface area (Å²) in [6, 6.07) is 9.97. The van der Waals surface area contributed by atoms with Crippen LogP contribution in [0.5, 0.6) is 0 Å². The van der Waals surface area contributed by atoms with E-state index in [1.807, 2.05) is 18.2 Å². The van der Waals surface area contributed by atoms with Crippen molar-refractivity contribution in [2.24, 2.45) is 0 Å². The van der Waals surface area contributed by atoms with Crippen molar-refractivity contribution >= 4 is 40.2 Å². The van der Waals surface area contributed by atoms with Gasteiger partial charge in [0.1, 0.15) is 0 Å². The number of benzene rings is 1. The van der Waals surface area contributed by atoms with Gasteiger partial charge in [-0.3, -0.25) is 0 Å². The van der Waals surface area contributed by atoms with Gasteiger partial charge in [-0.1, -0.05) is 42.3 Å². The van der Waals surface area contributed by atoms with Gasteiger partial charge in [0.25, 0.3) is 0 Å². The van der Waals surface area contributed by atoms with Crippen LogP contribution in [0.25, 0.3) is 0 Å². The van der Waals surface area contributed by atoms with Crippen molar-refractivity contribution in [1.82, 2.24) is 0 Å². The summed E-state index contributed by atoms with van der Waals surface area (Å²) in [5, 5.41) is 6.81. The second kappa shape index (κ2) is 5.76. The molecule has 1 aromatic heterocycles. The lowest BCUT2D eigenvalue weighted by Crippen LogP contribution is -2.08. The molecule has 1 N–H and O–H groups in total. The van der Waals surface area contributed by atoms with Crippen molar-refractivity contribution in [1.29, 1.82) is 0 Å². The van der Waals surface area contributed by atoms with Gasteiger partial charge in [-0.05, 0) is 30.0 Å². The molecule has 0 aliphatic rings. The topological polar surface area (TPSA) is 12.0 Å². The van der Waals surface area contributed by atoms with E-state index in [9.17, 15) is 0 Å². The minimum atomic E-state index is 0.257. The van der Waals surface area contributed by atoms with Crippen molar-refractivity contribution < 1.29 is 0 Å². The van der Waals surface area contributed by atoms with E-state index in [0.29, 0.717) is 10.0 Å². The molecule has 1 heterocycles. The Morgan fingerprint density at radius 3 is 2.41 bits per heavy atom. The van der Waals surface area contributed by atoms with Crippen molar-refractivity contribution in [3.8, 4) is 0 Å². The lowest BCUT2D eigenvalue weighted by molar-refractivity contribution is 0.764. The molecule has 2 aromatic rings. The van der Waals surface area contributed by atoms with Crippen LogP contribution in [0.1, 0.15) is 24.3 Å². The van der Waals surface area contributed by atoms with E-state index in [-0.39, 0.29) is 6.04 Å². The molecule has 1 atom stereocenters. The quantitative estimate of drug-likeness (QED) is 0.769. The van der Waals surface area contributed by atoms with Gasteiger partial charge in [-0.25, -0.2) is 0 Å². The lowest BCUT2D eigenvalue weighted by atomic mass is 10.1. The molecule has 1 nitrogen and oxygen atoms in total. The molecule has 4 heteroatoms. The van der Waals surface area contributed by atoms with E-state index < -0.39 is 0 Å². The fraction of sp³-hybridized carbons (Fsp3) is 0.231. The predicted molar refractivity (Wildman–Crippen MR) is 77.4 cm³/mol. The highest BCUT2D eigenvalue weighted by Crippen LogP contribution is 2.34. The Labute approximate surface area is 115 Å². The molecule has 0 radical (unpaired) electrons. The SMILES string of the molecule is CCC(Nc1c(Cl)cccc1Cl)c1cccs1. The summed E-state index contributed by atoms with van der Waals surface area (Å²) in [7, 11) is 0. The van der Waals surface area contributed by atoms with E-state index in [4.69, 9.17) is 23.2 Å². The molecule has 0 amide bonds. The Hall–Kier alpha value is -0.700. The molecule has 0 bridgehead atoms. The first-order valence-corrected chi connectivity index (χ1v) is 7.10. The predicted octanol–water partition coefficient (Wildman–Crippen LogP) is 5.62. The Bertz CT molecular complexity index is 462. The molecule has 90 valence electrons. The zero-order valence-corrected chi connectivity index (χ0v) is 11.7. The van der Waals surface area contributed by atoms with Crippen LogP contribution in [-0.2, 0) is 0 Å². The zero-order valence-electron chi connectivity index (χ0n) is 9.41. The Kier molecular flexibility index (Phi) is 4.32. The molecule has 1 aromatic carbocycles. The van der Waals surface area contributed by atoms with Crippen molar-refractivity contribution in [2.75, 3.05) is 5.32 Å². The number of anilines is 1. The maximum Gasteiger partial charge on any atom is 0.0724 e. The number of para-hydroxylation sites is 1. The van der Waals surface area contributed by atoms with E-state index in [1.165, 1.54) is 4.88 Å². The maximum atomic E-state index is 6.15. The molecule has 1 unspecified atom stereocenters. The van der Waals surface area contributed by atoms with Crippen molar-refractivity contribution in [2.45, 2.75) is 19.4 Å². The van der Waals surface area contributed by atoms with Gasteiger partial charge in [0.15, 0.2) is 0 Å². The first-order chi connectivity index (χ1) is 8.22. The molecule has 0 saturated heterocycles. The molecule has 17 heavy (non-hydrogen) atoms. The average Bonchev–Trinajstić information content (AvgIpc) is 2.82. The zero-order chi connectivity index (χ0) is 12.3. The summed E-state index contributed by atoms with van der Waals surface area (Å²) in [6.07, 6.45) is 0.988. The fourth-order valence-electron chi connectivity index (χ4n) is 1.67. The first-order valence-electron chi connectivity index (χ1n) is 5.46. The highest BCUT2D eigenvalue weighted by molar-refractivity contribution is 7.10. The van der Waals surface area contributed by atoms with Crippen LogP contribution in [0.3, 0.4) is 0 Å². The van der Waals surface area contributed by atoms with E-state index in [1.54, 1.807) is 11.3 Å². The summed E-state index contributed by atoms with van der Waals surface area (Å²) >= 11 is 14.0. The molecule has 0 aliphatic carbocycles. The van der Waals surface area contributed by atoms with Crippen LogP contribution in [0.2, 0.25) is 10.0 Å². The summed E-state index contributed by atoms with van der Waals surface area (Å²) in [5.41, 5.74) is 0.816. The van der Waals surface area contributed by atoms with E-state index in [0.717, 1.165) is 12.1 Å². The fourth-order valence-corrected chi connectivity index (χ4v) is 3.04. The molecule has 0 aliphatic heterocycles. The number of hydrogen-bond donors (Lipinski definition) is 1. The number of halogens is 2. The van der Waals surface area contributed by atoms with Crippen molar-refractivity contribution in [3.05, 3.63) is 50.6 Å². The summed E-state index contributed by atoms with van der Waals surface area (Å²) in [5.74, 6) is 0. The normalized spacial score (nSPS) is 12.4. The first kappa shape index (κ1) is 12.7. The van der Waals surface area contributed by atoms with Gasteiger partial charge in [0.2, 0.25) is 0 Å². The van der Waals surface area contributed by atoms with Crippen LogP contribution in [0.4, 0.5) is 5.69 Å². The third kappa shape index (κ3) is 2.95. The Balaban J connectivity index is 2.25. The summed E-state index contributed by atoms with van der Waals surface area (Å²) in [6.45, 7) is 2.14. The van der Waals surface area contributed by atoms with E-state index in [2.05, 4.69) is 29.8 Å². The smallest absolute Gasteiger partial charge is 0.0724 e. The van der Waals surface area contributed by atoms with Gasteiger partial charge in [-0.2, -0.15) is 0 Å². The van der Waals surface area contributed by atoms with Gasteiger partial charge >= 0.3 is 0 Å². The van der Waals surface area contributed by atoms with Crippen LogP contribution in [0.15, 0.2) is 35.7 Å². The second-order valence-corrected chi connectivity index (χ2v) is 5.51. The summed E-state index contributed by atoms with van der Waals surface area (Å²) < 4.78 is 0. The molecule has 0 fully saturated rings. The Morgan fingerprint density at radius 2 is 1.88 bits per heavy atom. The number of thiophene rings is 1. The maximum absolute atomic E-state index is 6.15. The molecule has 2 rings (SSSR count). The third-order valence-electron chi connectivity index (χ3n) is 2.58. The third-order valence-corrected chi connectivity index (χ3v) is 4.19. The standard InChI is InChI=1S/C13H13Cl2NS/c1-2-11(12-7-4-8-17-12)16-13-9(14)5-3-6-10(13)15/h3-8,11,16H,2H2,1H3. The highest BCUT2D eigenvalue weighted by Gasteiger charge is 2.13. The molecular formula is C13H13Cl2NS. The van der Waals surface area contributed by atoms with Gasteiger partial charge in [0.05, 0.1) is 21.8 Å². The molecule has 0 saturated carbocycles. The largest absolute Gasteiger partial charge is 0.375 e. The minimum absolute atomic E-state index is 0.257. The minimum Gasteiger partial charge on any atom is -0.375 e. The molecule has 0 spiro atoms. The van der Waals surface area contributed by atoms with Gasteiger partial charge in [-0.15, -0.1) is 11.3 Å². The highest BCUT2D eigenvalue weighted by atomic mass is 35.5. The van der Waals surface area contributed by atoms with Crippen LogP contribution < -0.4 is 5.32 Å².